The molecule has 0 aliphatic heterocycles. The van der Waals surface area contributed by atoms with E-state index >= 15 is 0 Å². The van der Waals surface area contributed by atoms with Gasteiger partial charge in [-0.1, -0.05) is 6.07 Å². The number of nitrogens with one attached hydrogen (secondary N) is 2. The number of anilines is 1. The van der Waals surface area contributed by atoms with Gasteiger partial charge in [0, 0.05) is 7.05 Å². The van der Waals surface area contributed by atoms with E-state index in [1.165, 1.54) is 16.0 Å². The standard InChI is InChI=1S/C11H13N5O2S/c1-7-13-11(16(2)15-7)14-9(17)6-12-10(18)8-4-3-5-19-8/h3-5H,6H2,1-2H3,(H,12,18)(H,13,14,15,17). The maximum Gasteiger partial charge on any atom is 0.261 e. The number of thiophene rings is 1. The molecule has 2 aromatic heterocycles. The maximum atomic E-state index is 11.6. The predicted octanol–water partition coefficient (Wildman–Crippen LogP) is 0.554. The van der Waals surface area contributed by atoms with E-state index in [0.29, 0.717) is 16.6 Å². The lowest BCUT2D eigenvalue weighted by Crippen LogP contribution is -2.33. The maximum absolute atomic E-state index is 11.6. The van der Waals surface area contributed by atoms with E-state index in [1.807, 2.05) is 0 Å². The van der Waals surface area contributed by atoms with Crippen LogP contribution in [-0.2, 0) is 11.8 Å². The number of nitrogens with zero attached hydrogens (tertiary/aromatic N) is 3. The molecular weight excluding hydrogens is 266 g/mol. The summed E-state index contributed by atoms with van der Waals surface area (Å²) >= 11 is 1.32. The molecule has 2 aromatic rings. The molecule has 0 radical (unpaired) electrons. The number of rotatable bonds is 4. The van der Waals surface area contributed by atoms with Crippen molar-refractivity contribution in [2.75, 3.05) is 11.9 Å². The number of carbonyl (C=O) groups is 2. The van der Waals surface area contributed by atoms with Gasteiger partial charge in [0.1, 0.15) is 5.82 Å². The highest BCUT2D eigenvalue weighted by Gasteiger charge is 2.11. The first-order valence-electron chi connectivity index (χ1n) is 5.55. The minimum Gasteiger partial charge on any atom is -0.342 e. The van der Waals surface area contributed by atoms with Crippen LogP contribution in [0.1, 0.15) is 15.5 Å². The summed E-state index contributed by atoms with van der Waals surface area (Å²) in [5.74, 6) is 0.313. The number of amides is 2. The van der Waals surface area contributed by atoms with E-state index in [-0.39, 0.29) is 18.4 Å². The van der Waals surface area contributed by atoms with Crippen molar-refractivity contribution in [2.24, 2.45) is 7.05 Å². The van der Waals surface area contributed by atoms with E-state index in [9.17, 15) is 9.59 Å². The van der Waals surface area contributed by atoms with Crippen LogP contribution in [0.25, 0.3) is 0 Å². The van der Waals surface area contributed by atoms with Crippen molar-refractivity contribution in [2.45, 2.75) is 6.92 Å². The normalized spacial score (nSPS) is 10.2. The average molecular weight is 279 g/mol. The molecular formula is C11H13N5O2S. The van der Waals surface area contributed by atoms with Gasteiger partial charge in [0.15, 0.2) is 0 Å². The van der Waals surface area contributed by atoms with Crippen LogP contribution in [0.4, 0.5) is 5.95 Å². The molecule has 2 N–H and O–H groups in total. The zero-order valence-corrected chi connectivity index (χ0v) is 11.3. The van der Waals surface area contributed by atoms with Crippen LogP contribution >= 0.6 is 11.3 Å². The molecule has 0 bridgehead atoms. The highest BCUT2D eigenvalue weighted by Crippen LogP contribution is 2.07. The van der Waals surface area contributed by atoms with Gasteiger partial charge in [0.05, 0.1) is 11.4 Å². The van der Waals surface area contributed by atoms with Gasteiger partial charge < -0.3 is 5.32 Å². The SMILES string of the molecule is Cc1nc(NC(=O)CNC(=O)c2cccs2)n(C)n1. The van der Waals surface area contributed by atoms with Crippen molar-refractivity contribution in [3.8, 4) is 0 Å². The molecule has 2 rings (SSSR count). The van der Waals surface area contributed by atoms with Crippen molar-refractivity contribution in [3.63, 3.8) is 0 Å². The Bertz CT molecular complexity index is 590. The Kier molecular flexibility index (Phi) is 3.91. The zero-order chi connectivity index (χ0) is 13.8. The Balaban J connectivity index is 1.85. The van der Waals surface area contributed by atoms with Gasteiger partial charge in [-0.15, -0.1) is 11.3 Å². The van der Waals surface area contributed by atoms with Crippen molar-refractivity contribution in [3.05, 3.63) is 28.2 Å². The number of hydrogen-bond donors (Lipinski definition) is 2. The summed E-state index contributed by atoms with van der Waals surface area (Å²) in [6.07, 6.45) is 0. The summed E-state index contributed by atoms with van der Waals surface area (Å²) in [6, 6.07) is 3.48. The van der Waals surface area contributed by atoms with Crippen molar-refractivity contribution < 1.29 is 9.59 Å². The second kappa shape index (κ2) is 5.61. The molecule has 0 spiro atoms. The van der Waals surface area contributed by atoms with Crippen LogP contribution in [0.15, 0.2) is 17.5 Å². The Morgan fingerprint density at radius 1 is 1.47 bits per heavy atom. The lowest BCUT2D eigenvalue weighted by molar-refractivity contribution is -0.115. The molecule has 0 fully saturated rings. The topological polar surface area (TPSA) is 88.9 Å². The lowest BCUT2D eigenvalue weighted by Gasteiger charge is -2.04. The number of hydrogen-bond acceptors (Lipinski definition) is 5. The predicted molar refractivity (Wildman–Crippen MR) is 71.0 cm³/mol. The lowest BCUT2D eigenvalue weighted by atomic mass is 10.4. The summed E-state index contributed by atoms with van der Waals surface area (Å²) in [6.45, 7) is 1.62. The minimum atomic E-state index is -0.347. The van der Waals surface area contributed by atoms with Gasteiger partial charge in [0.25, 0.3) is 5.91 Å². The molecule has 2 heterocycles. The third kappa shape index (κ3) is 3.38. The second-order valence-electron chi connectivity index (χ2n) is 3.81. The first kappa shape index (κ1) is 13.2. The van der Waals surface area contributed by atoms with Gasteiger partial charge >= 0.3 is 0 Å². The number of carbonyl (C=O) groups excluding carboxylic acids is 2. The molecule has 2 amide bonds. The number of aromatic nitrogens is 3. The van der Waals surface area contributed by atoms with Crippen molar-refractivity contribution in [1.29, 1.82) is 0 Å². The molecule has 0 unspecified atom stereocenters. The summed E-state index contributed by atoms with van der Waals surface area (Å²) < 4.78 is 1.47. The fraction of sp³-hybridized carbons (Fsp3) is 0.273. The van der Waals surface area contributed by atoms with Crippen LogP contribution in [0.3, 0.4) is 0 Å². The van der Waals surface area contributed by atoms with E-state index in [2.05, 4.69) is 20.7 Å². The van der Waals surface area contributed by atoms with E-state index in [1.54, 1.807) is 31.5 Å². The molecule has 0 saturated heterocycles. The quantitative estimate of drug-likeness (QED) is 0.855. The van der Waals surface area contributed by atoms with Crippen molar-refractivity contribution in [1.82, 2.24) is 20.1 Å². The van der Waals surface area contributed by atoms with E-state index in [4.69, 9.17) is 0 Å². The molecule has 0 aromatic carbocycles. The third-order valence-electron chi connectivity index (χ3n) is 2.27. The Morgan fingerprint density at radius 3 is 2.84 bits per heavy atom. The van der Waals surface area contributed by atoms with Gasteiger partial charge in [-0.3, -0.25) is 14.9 Å². The molecule has 0 atom stereocenters. The summed E-state index contributed by atoms with van der Waals surface area (Å²) in [4.78, 5) is 27.9. The summed E-state index contributed by atoms with van der Waals surface area (Å²) in [7, 11) is 1.68. The second-order valence-corrected chi connectivity index (χ2v) is 4.76. The van der Waals surface area contributed by atoms with Crippen LogP contribution in [0.5, 0.6) is 0 Å². The summed E-state index contributed by atoms with van der Waals surface area (Å²) in [5.41, 5.74) is 0. The molecule has 0 aliphatic rings. The monoisotopic (exact) mass is 279 g/mol. The van der Waals surface area contributed by atoms with Gasteiger partial charge in [-0.25, -0.2) is 4.68 Å². The molecule has 100 valence electrons. The largest absolute Gasteiger partial charge is 0.342 e. The fourth-order valence-electron chi connectivity index (χ4n) is 1.45. The van der Waals surface area contributed by atoms with Gasteiger partial charge in [-0.05, 0) is 18.4 Å². The van der Waals surface area contributed by atoms with E-state index in [0.717, 1.165) is 0 Å². The van der Waals surface area contributed by atoms with Crippen LogP contribution in [0.2, 0.25) is 0 Å². The highest BCUT2D eigenvalue weighted by molar-refractivity contribution is 7.12. The first-order chi connectivity index (χ1) is 9.06. The molecule has 0 saturated carbocycles. The molecule has 8 heteroatoms. The molecule has 7 nitrogen and oxygen atoms in total. The minimum absolute atomic E-state index is 0.108. The zero-order valence-electron chi connectivity index (χ0n) is 10.5. The Labute approximate surface area is 113 Å². The Morgan fingerprint density at radius 2 is 2.26 bits per heavy atom. The van der Waals surface area contributed by atoms with E-state index < -0.39 is 0 Å². The van der Waals surface area contributed by atoms with Crippen LogP contribution < -0.4 is 10.6 Å². The van der Waals surface area contributed by atoms with Gasteiger partial charge in [0.2, 0.25) is 11.9 Å². The van der Waals surface area contributed by atoms with Crippen LogP contribution in [-0.4, -0.2) is 33.1 Å². The van der Waals surface area contributed by atoms with Crippen molar-refractivity contribution >= 4 is 29.1 Å². The fourth-order valence-corrected chi connectivity index (χ4v) is 2.09. The Hall–Kier alpha value is -2.22. The van der Waals surface area contributed by atoms with Crippen LogP contribution in [0, 0.1) is 6.92 Å². The van der Waals surface area contributed by atoms with Gasteiger partial charge in [-0.2, -0.15) is 10.1 Å². The third-order valence-corrected chi connectivity index (χ3v) is 3.14. The molecule has 0 aliphatic carbocycles. The smallest absolute Gasteiger partial charge is 0.261 e. The first-order valence-corrected chi connectivity index (χ1v) is 6.43. The average Bonchev–Trinajstić information content (AvgIpc) is 2.97. The number of aryl methyl sites for hydroxylation is 2. The highest BCUT2D eigenvalue weighted by atomic mass is 32.1. The summed E-state index contributed by atoms with van der Waals surface area (Å²) in [5, 5.41) is 10.9. The molecule has 19 heavy (non-hydrogen) atoms.